The molecule has 0 bridgehead atoms. The molecule has 3 rings (SSSR count). The van der Waals surface area contributed by atoms with Gasteiger partial charge >= 0.3 is 5.97 Å². The lowest BCUT2D eigenvalue weighted by Crippen LogP contribution is -2.28. The molecule has 1 amide bonds. The number of carbonyl (C=O) groups is 2. The Morgan fingerprint density at radius 1 is 1.24 bits per heavy atom. The van der Waals surface area contributed by atoms with Crippen molar-refractivity contribution >= 4 is 23.7 Å². The highest BCUT2D eigenvalue weighted by atomic mass is 16.5. The molecule has 1 aliphatic heterocycles. The maximum absolute atomic E-state index is 11.8. The third kappa shape index (κ3) is 4.92. The zero-order valence-corrected chi connectivity index (χ0v) is 16.0. The first-order valence-electron chi connectivity index (χ1n) is 8.79. The van der Waals surface area contributed by atoms with Crippen LogP contribution in [0.2, 0.25) is 0 Å². The number of aliphatic hydroxyl groups is 1. The summed E-state index contributed by atoms with van der Waals surface area (Å²) in [5.74, 6) is 0.0486. The summed E-state index contributed by atoms with van der Waals surface area (Å²) in [6.45, 7) is 1.79. The molecule has 8 heteroatoms. The van der Waals surface area contributed by atoms with Gasteiger partial charge in [-0.3, -0.25) is 4.79 Å². The van der Waals surface area contributed by atoms with Crippen LogP contribution in [0.4, 0.5) is 0 Å². The molecule has 2 aromatic rings. The molecule has 0 radical (unpaired) electrons. The van der Waals surface area contributed by atoms with Crippen LogP contribution in [0.25, 0.3) is 6.08 Å². The standard InChI is InChI=1S/C21H20N2O6/c1-13-19(21(26)27-2)20(25)17(23-13)10-14-5-7-15(8-6-14)29-12-18(24)22-11-16-4-3-9-28-16/h3-10,25H,11-12H2,1-2H3,(H,22,24). The number of rotatable bonds is 7. The van der Waals surface area contributed by atoms with Crippen LogP contribution < -0.4 is 10.1 Å². The molecule has 1 aromatic carbocycles. The zero-order chi connectivity index (χ0) is 20.8. The third-order valence-corrected chi connectivity index (χ3v) is 4.11. The van der Waals surface area contributed by atoms with Gasteiger partial charge in [-0.05, 0) is 42.8 Å². The van der Waals surface area contributed by atoms with E-state index in [4.69, 9.17) is 9.15 Å². The third-order valence-electron chi connectivity index (χ3n) is 4.11. The average Bonchev–Trinajstić information content (AvgIpc) is 3.33. The number of esters is 1. The van der Waals surface area contributed by atoms with Gasteiger partial charge in [0.05, 0.1) is 25.6 Å². The normalized spacial score (nSPS) is 14.7. The minimum absolute atomic E-state index is 0.0549. The molecule has 1 aromatic heterocycles. The molecule has 0 spiro atoms. The van der Waals surface area contributed by atoms with Crippen LogP contribution in [0.15, 0.2) is 69.1 Å². The van der Waals surface area contributed by atoms with E-state index in [1.807, 2.05) is 0 Å². The molecule has 0 saturated carbocycles. The lowest BCUT2D eigenvalue weighted by molar-refractivity contribution is -0.135. The predicted octanol–water partition coefficient (Wildman–Crippen LogP) is 2.78. The molecule has 8 nitrogen and oxygen atoms in total. The first kappa shape index (κ1) is 19.9. The minimum Gasteiger partial charge on any atom is -0.505 e. The molecule has 0 fully saturated rings. The predicted molar refractivity (Wildman–Crippen MR) is 105 cm³/mol. The van der Waals surface area contributed by atoms with Crippen LogP contribution in [-0.4, -0.2) is 36.4 Å². The fourth-order valence-electron chi connectivity index (χ4n) is 2.65. The van der Waals surface area contributed by atoms with E-state index in [1.165, 1.54) is 7.11 Å². The Labute approximate surface area is 167 Å². The van der Waals surface area contributed by atoms with E-state index in [1.54, 1.807) is 55.7 Å². The van der Waals surface area contributed by atoms with Gasteiger partial charge < -0.3 is 24.3 Å². The lowest BCUT2D eigenvalue weighted by Gasteiger charge is -2.07. The van der Waals surface area contributed by atoms with Crippen LogP contribution in [-0.2, 0) is 20.9 Å². The van der Waals surface area contributed by atoms with Crippen molar-refractivity contribution in [2.75, 3.05) is 13.7 Å². The summed E-state index contributed by atoms with van der Waals surface area (Å²) < 4.78 is 15.2. The summed E-state index contributed by atoms with van der Waals surface area (Å²) >= 11 is 0. The molecule has 1 aliphatic rings. The summed E-state index contributed by atoms with van der Waals surface area (Å²) in [7, 11) is 1.24. The highest BCUT2D eigenvalue weighted by molar-refractivity contribution is 6.21. The van der Waals surface area contributed by atoms with Crippen molar-refractivity contribution in [1.29, 1.82) is 0 Å². The van der Waals surface area contributed by atoms with Gasteiger partial charge in [0, 0.05) is 0 Å². The van der Waals surface area contributed by atoms with E-state index in [0.29, 0.717) is 23.8 Å². The van der Waals surface area contributed by atoms with Crippen molar-refractivity contribution < 1.29 is 28.6 Å². The van der Waals surface area contributed by atoms with E-state index in [2.05, 4.69) is 15.0 Å². The second-order valence-electron chi connectivity index (χ2n) is 6.16. The number of carbonyl (C=O) groups excluding carboxylic acids is 2. The first-order valence-corrected chi connectivity index (χ1v) is 8.79. The Morgan fingerprint density at radius 3 is 2.66 bits per heavy atom. The number of ether oxygens (including phenoxy) is 2. The molecule has 2 N–H and O–H groups in total. The summed E-state index contributed by atoms with van der Waals surface area (Å²) in [6.07, 6.45) is 3.17. The fraction of sp³-hybridized carbons (Fsp3) is 0.190. The molecule has 0 atom stereocenters. The van der Waals surface area contributed by atoms with Crippen molar-refractivity contribution in [3.8, 4) is 5.75 Å². The number of hydrogen-bond donors (Lipinski definition) is 2. The second kappa shape index (κ2) is 8.92. The summed E-state index contributed by atoms with van der Waals surface area (Å²) in [4.78, 5) is 27.7. The topological polar surface area (TPSA) is 110 Å². The number of amides is 1. The van der Waals surface area contributed by atoms with E-state index in [9.17, 15) is 14.7 Å². The number of nitrogens with one attached hydrogen (secondary N) is 1. The molecule has 0 unspecified atom stereocenters. The molecule has 0 saturated heterocycles. The van der Waals surface area contributed by atoms with E-state index in [0.717, 1.165) is 5.56 Å². The fourth-order valence-corrected chi connectivity index (χ4v) is 2.65. The maximum atomic E-state index is 11.8. The van der Waals surface area contributed by atoms with Crippen LogP contribution in [0.1, 0.15) is 18.2 Å². The molecule has 2 heterocycles. The number of furan rings is 1. The number of aliphatic imine (C=N–C) groups is 1. The second-order valence-corrected chi connectivity index (χ2v) is 6.16. The Balaban J connectivity index is 1.58. The number of methoxy groups -OCH3 is 1. The van der Waals surface area contributed by atoms with Crippen LogP contribution in [0, 0.1) is 0 Å². The zero-order valence-electron chi connectivity index (χ0n) is 16.0. The molecular weight excluding hydrogens is 376 g/mol. The first-order chi connectivity index (χ1) is 14.0. The number of benzene rings is 1. The minimum atomic E-state index is -0.638. The van der Waals surface area contributed by atoms with Gasteiger partial charge in [0.1, 0.15) is 22.8 Å². The van der Waals surface area contributed by atoms with E-state index in [-0.39, 0.29) is 29.5 Å². The largest absolute Gasteiger partial charge is 0.505 e. The van der Waals surface area contributed by atoms with Crippen LogP contribution in [0.5, 0.6) is 5.75 Å². The van der Waals surface area contributed by atoms with Gasteiger partial charge in [-0.25, -0.2) is 9.79 Å². The van der Waals surface area contributed by atoms with Crippen molar-refractivity contribution in [2.24, 2.45) is 4.99 Å². The van der Waals surface area contributed by atoms with Crippen LogP contribution >= 0.6 is 0 Å². The highest BCUT2D eigenvalue weighted by Gasteiger charge is 2.27. The van der Waals surface area contributed by atoms with E-state index >= 15 is 0 Å². The maximum Gasteiger partial charge on any atom is 0.343 e. The molecular formula is C21H20N2O6. The van der Waals surface area contributed by atoms with Crippen molar-refractivity contribution in [2.45, 2.75) is 13.5 Å². The molecule has 0 aliphatic carbocycles. The smallest absolute Gasteiger partial charge is 0.343 e. The Kier molecular flexibility index (Phi) is 6.13. The molecule has 150 valence electrons. The van der Waals surface area contributed by atoms with Gasteiger partial charge in [-0.1, -0.05) is 12.1 Å². The molecule has 29 heavy (non-hydrogen) atoms. The highest BCUT2D eigenvalue weighted by Crippen LogP contribution is 2.26. The number of aliphatic hydroxyl groups excluding tert-OH is 1. The Bertz CT molecular complexity index is 985. The number of hydrogen-bond acceptors (Lipinski definition) is 7. The monoisotopic (exact) mass is 396 g/mol. The van der Waals surface area contributed by atoms with Gasteiger partial charge in [-0.15, -0.1) is 0 Å². The average molecular weight is 396 g/mol. The van der Waals surface area contributed by atoms with Crippen LogP contribution in [0.3, 0.4) is 0 Å². The van der Waals surface area contributed by atoms with Gasteiger partial charge in [0.2, 0.25) is 0 Å². The SMILES string of the molecule is COC(=O)C1=C(O)C(=Cc2ccc(OCC(=O)NCc3ccco3)cc2)N=C1C. The van der Waals surface area contributed by atoms with Gasteiger partial charge in [-0.2, -0.15) is 0 Å². The van der Waals surface area contributed by atoms with Crippen molar-refractivity contribution in [1.82, 2.24) is 5.32 Å². The number of nitrogens with zero attached hydrogens (tertiary/aromatic N) is 1. The lowest BCUT2D eigenvalue weighted by atomic mass is 10.1. The summed E-state index contributed by atoms with van der Waals surface area (Å²) in [6, 6.07) is 10.4. The van der Waals surface area contributed by atoms with E-state index < -0.39 is 5.97 Å². The Morgan fingerprint density at radius 2 is 2.00 bits per heavy atom. The van der Waals surface area contributed by atoms with Crippen molar-refractivity contribution in [3.63, 3.8) is 0 Å². The van der Waals surface area contributed by atoms with Gasteiger partial charge in [0.25, 0.3) is 5.91 Å². The summed E-state index contributed by atoms with van der Waals surface area (Å²) in [5, 5.41) is 12.9. The Hall–Kier alpha value is -3.81. The van der Waals surface area contributed by atoms with Gasteiger partial charge in [0.15, 0.2) is 12.4 Å². The quantitative estimate of drug-likeness (QED) is 0.697. The van der Waals surface area contributed by atoms with Crippen molar-refractivity contribution in [3.05, 3.63) is 71.0 Å². The summed E-state index contributed by atoms with van der Waals surface area (Å²) in [5.41, 5.74) is 1.46.